The molecule has 2 unspecified atom stereocenters. The van der Waals surface area contributed by atoms with E-state index in [0.29, 0.717) is 12.3 Å². The molecular weight excluding hydrogens is 164 g/mol. The number of carbonyl (C=O) groups excluding carboxylic acids is 1. The van der Waals surface area contributed by atoms with E-state index in [1.807, 2.05) is 6.92 Å². The number of allylic oxidation sites excluding steroid dienone is 1. The van der Waals surface area contributed by atoms with Gasteiger partial charge in [-0.3, -0.25) is 4.79 Å². The number of esters is 1. The average Bonchev–Trinajstić information content (AvgIpc) is 2.63. The summed E-state index contributed by atoms with van der Waals surface area (Å²) < 4.78 is 5.50. The van der Waals surface area contributed by atoms with E-state index in [1.54, 1.807) is 0 Å². The standard InChI is InChI=1S/C11H16O2/c1-2-3-10(12)13-11-6-4-9(8-11)5-7-11/h4,6,9H,2-3,5,7-8H2,1H3. The molecule has 0 spiro atoms. The Hall–Kier alpha value is -0.790. The smallest absolute Gasteiger partial charge is 0.306 e. The highest BCUT2D eigenvalue weighted by Crippen LogP contribution is 2.44. The van der Waals surface area contributed by atoms with Gasteiger partial charge in [-0.1, -0.05) is 13.0 Å². The van der Waals surface area contributed by atoms with E-state index in [1.165, 1.54) is 6.42 Å². The minimum absolute atomic E-state index is 0.0327. The maximum atomic E-state index is 11.3. The van der Waals surface area contributed by atoms with Crippen LogP contribution in [0.15, 0.2) is 12.2 Å². The fraction of sp³-hybridized carbons (Fsp3) is 0.727. The summed E-state index contributed by atoms with van der Waals surface area (Å²) in [5.41, 5.74) is -0.197. The molecule has 0 amide bonds. The molecule has 2 aliphatic rings. The lowest BCUT2D eigenvalue weighted by molar-refractivity contribution is -0.154. The Bertz CT molecular complexity index is 244. The van der Waals surface area contributed by atoms with Crippen LogP contribution in [0.5, 0.6) is 0 Å². The van der Waals surface area contributed by atoms with Crippen molar-refractivity contribution >= 4 is 5.97 Å². The maximum Gasteiger partial charge on any atom is 0.306 e. The molecule has 2 aliphatic carbocycles. The van der Waals surface area contributed by atoms with Crippen molar-refractivity contribution in [2.75, 3.05) is 0 Å². The molecule has 2 heteroatoms. The summed E-state index contributed by atoms with van der Waals surface area (Å²) >= 11 is 0. The van der Waals surface area contributed by atoms with Gasteiger partial charge in [-0.15, -0.1) is 0 Å². The van der Waals surface area contributed by atoms with Gasteiger partial charge < -0.3 is 4.74 Å². The minimum atomic E-state index is -0.197. The lowest BCUT2D eigenvalue weighted by Gasteiger charge is -2.23. The Balaban J connectivity index is 1.94. The van der Waals surface area contributed by atoms with Gasteiger partial charge in [0.15, 0.2) is 0 Å². The quantitative estimate of drug-likeness (QED) is 0.492. The lowest BCUT2D eigenvalue weighted by Crippen LogP contribution is -2.28. The molecule has 1 saturated carbocycles. The number of rotatable bonds is 3. The summed E-state index contributed by atoms with van der Waals surface area (Å²) in [5.74, 6) is 0.643. The van der Waals surface area contributed by atoms with Crippen LogP contribution < -0.4 is 0 Å². The van der Waals surface area contributed by atoms with Gasteiger partial charge in [0.1, 0.15) is 5.60 Å². The zero-order chi connectivity index (χ0) is 9.31. The Kier molecular flexibility index (Phi) is 2.14. The van der Waals surface area contributed by atoms with Crippen molar-refractivity contribution in [3.63, 3.8) is 0 Å². The zero-order valence-electron chi connectivity index (χ0n) is 8.08. The Morgan fingerprint density at radius 1 is 1.69 bits per heavy atom. The second kappa shape index (κ2) is 3.17. The third-order valence-corrected chi connectivity index (χ3v) is 2.99. The fourth-order valence-electron chi connectivity index (χ4n) is 2.31. The van der Waals surface area contributed by atoms with E-state index in [4.69, 9.17) is 4.74 Å². The first-order valence-corrected chi connectivity index (χ1v) is 5.15. The molecule has 2 nitrogen and oxygen atoms in total. The van der Waals surface area contributed by atoms with Crippen LogP contribution in [0.4, 0.5) is 0 Å². The van der Waals surface area contributed by atoms with Crippen molar-refractivity contribution in [1.29, 1.82) is 0 Å². The third-order valence-electron chi connectivity index (χ3n) is 2.99. The van der Waals surface area contributed by atoms with Gasteiger partial charge in [0.25, 0.3) is 0 Å². The van der Waals surface area contributed by atoms with Crippen LogP contribution in [-0.2, 0) is 9.53 Å². The number of ether oxygens (including phenoxy) is 1. The fourth-order valence-corrected chi connectivity index (χ4v) is 2.31. The predicted molar refractivity (Wildman–Crippen MR) is 50.2 cm³/mol. The van der Waals surface area contributed by atoms with Crippen molar-refractivity contribution in [3.8, 4) is 0 Å². The van der Waals surface area contributed by atoms with Crippen LogP contribution in [0, 0.1) is 5.92 Å². The van der Waals surface area contributed by atoms with E-state index in [0.717, 1.165) is 19.3 Å². The maximum absolute atomic E-state index is 11.3. The van der Waals surface area contributed by atoms with Crippen molar-refractivity contribution < 1.29 is 9.53 Å². The van der Waals surface area contributed by atoms with Crippen molar-refractivity contribution in [1.82, 2.24) is 0 Å². The van der Waals surface area contributed by atoms with E-state index < -0.39 is 0 Å². The first kappa shape index (κ1) is 8.79. The molecule has 0 aliphatic heterocycles. The highest BCUT2D eigenvalue weighted by atomic mass is 16.6. The summed E-state index contributed by atoms with van der Waals surface area (Å²) in [6.07, 6.45) is 8.97. The zero-order valence-corrected chi connectivity index (χ0v) is 8.08. The minimum Gasteiger partial charge on any atom is -0.455 e. The Labute approximate surface area is 79.0 Å². The van der Waals surface area contributed by atoms with Crippen LogP contribution in [0.2, 0.25) is 0 Å². The molecule has 0 N–H and O–H groups in total. The highest BCUT2D eigenvalue weighted by molar-refractivity contribution is 5.70. The SMILES string of the molecule is CCCC(=O)OC12C=CC(CC1)C2. The average molecular weight is 180 g/mol. The third kappa shape index (κ3) is 1.62. The molecule has 0 aromatic carbocycles. The van der Waals surface area contributed by atoms with E-state index in [-0.39, 0.29) is 11.6 Å². The van der Waals surface area contributed by atoms with Gasteiger partial charge in [-0.25, -0.2) is 0 Å². The van der Waals surface area contributed by atoms with Gasteiger partial charge in [0.2, 0.25) is 0 Å². The molecule has 1 fully saturated rings. The topological polar surface area (TPSA) is 26.3 Å². The van der Waals surface area contributed by atoms with Crippen molar-refractivity contribution in [2.24, 2.45) is 5.92 Å². The summed E-state index contributed by atoms with van der Waals surface area (Å²) in [6.45, 7) is 2.00. The van der Waals surface area contributed by atoms with Gasteiger partial charge in [-0.05, 0) is 37.7 Å². The largest absolute Gasteiger partial charge is 0.455 e. The molecule has 0 aromatic heterocycles. The summed E-state index contributed by atoms with van der Waals surface area (Å²) in [6, 6.07) is 0. The number of carbonyl (C=O) groups is 1. The molecule has 0 aromatic rings. The number of fused-ring (bicyclic) bond motifs is 2. The first-order chi connectivity index (χ1) is 6.24. The van der Waals surface area contributed by atoms with Gasteiger partial charge in [0, 0.05) is 6.42 Å². The molecule has 13 heavy (non-hydrogen) atoms. The molecule has 72 valence electrons. The van der Waals surface area contributed by atoms with Gasteiger partial charge >= 0.3 is 5.97 Å². The predicted octanol–water partition coefficient (Wildman–Crippen LogP) is 2.44. The van der Waals surface area contributed by atoms with Crippen molar-refractivity contribution in [3.05, 3.63) is 12.2 Å². The van der Waals surface area contributed by atoms with Crippen LogP contribution in [-0.4, -0.2) is 11.6 Å². The summed E-state index contributed by atoms with van der Waals surface area (Å²) in [5, 5.41) is 0. The normalized spacial score (nSPS) is 35.3. The van der Waals surface area contributed by atoms with Gasteiger partial charge in [0.05, 0.1) is 0 Å². The molecule has 0 radical (unpaired) electrons. The lowest BCUT2D eigenvalue weighted by atomic mass is 10.0. The second-order valence-corrected chi connectivity index (χ2v) is 4.15. The number of hydrogen-bond donors (Lipinski definition) is 0. The summed E-state index contributed by atoms with van der Waals surface area (Å²) in [7, 11) is 0. The summed E-state index contributed by atoms with van der Waals surface area (Å²) in [4.78, 5) is 11.3. The Morgan fingerprint density at radius 2 is 2.54 bits per heavy atom. The van der Waals surface area contributed by atoms with Gasteiger partial charge in [-0.2, -0.15) is 0 Å². The first-order valence-electron chi connectivity index (χ1n) is 5.15. The van der Waals surface area contributed by atoms with Crippen LogP contribution in [0.3, 0.4) is 0 Å². The molecule has 2 bridgehead atoms. The van der Waals surface area contributed by atoms with Crippen LogP contribution >= 0.6 is 0 Å². The molecule has 2 atom stereocenters. The molecule has 2 rings (SSSR count). The Morgan fingerprint density at radius 3 is 3.00 bits per heavy atom. The monoisotopic (exact) mass is 180 g/mol. The van der Waals surface area contributed by atoms with E-state index in [9.17, 15) is 4.79 Å². The van der Waals surface area contributed by atoms with Crippen LogP contribution in [0.25, 0.3) is 0 Å². The second-order valence-electron chi connectivity index (χ2n) is 4.15. The number of hydrogen-bond acceptors (Lipinski definition) is 2. The molecule has 0 heterocycles. The van der Waals surface area contributed by atoms with Crippen molar-refractivity contribution in [2.45, 2.75) is 44.6 Å². The van der Waals surface area contributed by atoms with Crippen LogP contribution in [0.1, 0.15) is 39.0 Å². The molecule has 0 saturated heterocycles. The molecular formula is C11H16O2. The highest BCUT2D eigenvalue weighted by Gasteiger charge is 2.43. The van der Waals surface area contributed by atoms with E-state index in [2.05, 4.69) is 12.2 Å². The van der Waals surface area contributed by atoms with E-state index >= 15 is 0 Å².